The molecule has 98 valence electrons. The van der Waals surface area contributed by atoms with E-state index in [4.69, 9.17) is 12.2 Å². The van der Waals surface area contributed by atoms with Crippen LogP contribution >= 0.6 is 60.0 Å². The number of benzene rings is 2. The van der Waals surface area contributed by atoms with E-state index in [2.05, 4.69) is 58.4 Å². The van der Waals surface area contributed by atoms with Crippen molar-refractivity contribution in [3.8, 4) is 0 Å². The lowest BCUT2D eigenvalue weighted by atomic mass is 10.3. The molecule has 0 atom stereocenters. The van der Waals surface area contributed by atoms with Gasteiger partial charge in [0.2, 0.25) is 0 Å². The maximum Gasteiger partial charge on any atom is 0.175 e. The quantitative estimate of drug-likeness (QED) is 0.550. The van der Waals surface area contributed by atoms with Crippen LogP contribution in [0.1, 0.15) is 0 Å². The molecule has 0 fully saturated rings. The van der Waals surface area contributed by atoms with E-state index in [0.717, 1.165) is 24.8 Å². The minimum Gasteiger partial charge on any atom is -0.332 e. The smallest absolute Gasteiger partial charge is 0.175 e. The molecule has 0 radical (unpaired) electrons. The van der Waals surface area contributed by atoms with Gasteiger partial charge in [-0.25, -0.2) is 0 Å². The molecule has 2 rings (SSSR count). The Morgan fingerprint density at radius 1 is 0.895 bits per heavy atom. The first-order valence-electron chi connectivity index (χ1n) is 5.34. The summed E-state index contributed by atoms with van der Waals surface area (Å²) in [4.78, 5) is 0. The normalized spacial score (nSPS) is 10.1. The van der Waals surface area contributed by atoms with Crippen LogP contribution in [0.25, 0.3) is 0 Å². The zero-order chi connectivity index (χ0) is 13.8. The van der Waals surface area contributed by atoms with Crippen molar-refractivity contribution in [3.05, 3.63) is 55.9 Å². The van der Waals surface area contributed by atoms with Gasteiger partial charge in [-0.15, -0.1) is 0 Å². The summed E-state index contributed by atoms with van der Waals surface area (Å²) in [6.07, 6.45) is 0. The molecule has 0 heterocycles. The third-order valence-electron chi connectivity index (χ3n) is 2.28. The van der Waals surface area contributed by atoms with Crippen molar-refractivity contribution < 1.29 is 0 Å². The Balaban J connectivity index is 2.12. The summed E-state index contributed by atoms with van der Waals surface area (Å²) in [5.41, 5.74) is 1.83. The number of rotatable bonds is 2. The van der Waals surface area contributed by atoms with Crippen molar-refractivity contribution in [1.29, 1.82) is 0 Å². The topological polar surface area (TPSA) is 24.1 Å². The molecule has 2 nitrogen and oxygen atoms in total. The van der Waals surface area contributed by atoms with Crippen LogP contribution in [0.3, 0.4) is 0 Å². The van der Waals surface area contributed by atoms with Crippen LogP contribution in [0.2, 0.25) is 0 Å². The maximum atomic E-state index is 5.29. The first-order chi connectivity index (χ1) is 9.06. The molecule has 6 heteroatoms. The van der Waals surface area contributed by atoms with Gasteiger partial charge in [-0.1, -0.05) is 34.1 Å². The predicted octanol–water partition coefficient (Wildman–Crippen LogP) is 5.78. The molecule has 2 aromatic carbocycles. The number of hydrogen-bond donors (Lipinski definition) is 2. The fraction of sp³-hybridized carbons (Fsp3) is 0. The van der Waals surface area contributed by atoms with Gasteiger partial charge in [-0.3, -0.25) is 0 Å². The van der Waals surface area contributed by atoms with Gasteiger partial charge in [0.15, 0.2) is 5.11 Å². The van der Waals surface area contributed by atoms with Crippen LogP contribution in [0, 0.1) is 0 Å². The van der Waals surface area contributed by atoms with Gasteiger partial charge in [0.05, 0.1) is 5.69 Å². The predicted molar refractivity (Wildman–Crippen MR) is 95.8 cm³/mol. The Bertz CT molecular complexity index is 579. The van der Waals surface area contributed by atoms with Crippen LogP contribution in [-0.2, 0) is 0 Å². The summed E-state index contributed by atoms with van der Waals surface area (Å²) in [6, 6.07) is 13.7. The van der Waals surface area contributed by atoms with Crippen molar-refractivity contribution in [1.82, 2.24) is 0 Å². The van der Waals surface area contributed by atoms with Gasteiger partial charge in [-0.05, 0) is 68.3 Å². The second-order valence-electron chi connectivity index (χ2n) is 3.69. The molecule has 2 aromatic rings. The minimum atomic E-state index is 0.537. The molecule has 0 bridgehead atoms. The van der Waals surface area contributed by atoms with E-state index < -0.39 is 0 Å². The number of nitrogens with one attached hydrogen (secondary N) is 2. The summed E-state index contributed by atoms with van der Waals surface area (Å²) in [7, 11) is 0. The van der Waals surface area contributed by atoms with Crippen molar-refractivity contribution in [2.45, 2.75) is 0 Å². The molecular formula is C13H9Br3N2S. The zero-order valence-corrected chi connectivity index (χ0v) is 15.2. The van der Waals surface area contributed by atoms with Gasteiger partial charge in [0.25, 0.3) is 0 Å². The summed E-state index contributed by atoms with van der Waals surface area (Å²) in [5.74, 6) is 0. The van der Waals surface area contributed by atoms with Crippen molar-refractivity contribution in [3.63, 3.8) is 0 Å². The Hall–Kier alpha value is -0.430. The molecule has 0 spiro atoms. The third kappa shape index (κ3) is 4.27. The summed E-state index contributed by atoms with van der Waals surface area (Å²) >= 11 is 15.7. The molecule has 0 aliphatic heterocycles. The lowest BCUT2D eigenvalue weighted by molar-refractivity contribution is 1.51. The number of hydrogen-bond acceptors (Lipinski definition) is 1. The Morgan fingerprint density at radius 2 is 1.47 bits per heavy atom. The largest absolute Gasteiger partial charge is 0.332 e. The summed E-state index contributed by atoms with van der Waals surface area (Å²) in [5, 5.41) is 6.82. The van der Waals surface area contributed by atoms with Crippen LogP contribution in [0.5, 0.6) is 0 Å². The second-order valence-corrected chi connectivity index (χ2v) is 6.72. The average Bonchev–Trinajstić information content (AvgIpc) is 2.35. The molecular weight excluding hydrogens is 456 g/mol. The number of anilines is 2. The molecule has 0 unspecified atom stereocenters. The van der Waals surface area contributed by atoms with Gasteiger partial charge in [0, 0.05) is 19.1 Å². The standard InChI is InChI=1S/C13H9Br3N2S/c14-8-6-10(15)12(11(16)7-8)18-13(19)17-9-4-2-1-3-5-9/h1-7H,(H2,17,18,19). The highest BCUT2D eigenvalue weighted by Crippen LogP contribution is 2.34. The molecule has 19 heavy (non-hydrogen) atoms. The lowest BCUT2D eigenvalue weighted by Gasteiger charge is -2.13. The molecule has 0 aromatic heterocycles. The Labute approximate surface area is 142 Å². The molecule has 0 saturated carbocycles. The first kappa shape index (κ1) is 15.0. The fourth-order valence-electron chi connectivity index (χ4n) is 1.46. The van der Waals surface area contributed by atoms with Crippen LogP contribution in [0.4, 0.5) is 11.4 Å². The number of thiocarbonyl (C=S) groups is 1. The Kier molecular flexibility index (Phi) is 5.38. The number of halogens is 3. The minimum absolute atomic E-state index is 0.537. The third-order valence-corrected chi connectivity index (χ3v) is 4.19. The highest BCUT2D eigenvalue weighted by molar-refractivity contribution is 9.11. The van der Waals surface area contributed by atoms with Gasteiger partial charge in [-0.2, -0.15) is 0 Å². The summed E-state index contributed by atoms with van der Waals surface area (Å²) < 4.78 is 2.83. The highest BCUT2D eigenvalue weighted by Gasteiger charge is 2.08. The first-order valence-corrected chi connectivity index (χ1v) is 8.12. The van der Waals surface area contributed by atoms with E-state index in [9.17, 15) is 0 Å². The van der Waals surface area contributed by atoms with Gasteiger partial charge >= 0.3 is 0 Å². The summed E-state index contributed by atoms with van der Waals surface area (Å²) in [6.45, 7) is 0. The van der Waals surface area contributed by atoms with Crippen molar-refractivity contribution in [2.24, 2.45) is 0 Å². The number of para-hydroxylation sites is 1. The molecule has 0 aliphatic carbocycles. The Morgan fingerprint density at radius 3 is 2.05 bits per heavy atom. The zero-order valence-electron chi connectivity index (χ0n) is 9.58. The van der Waals surface area contributed by atoms with Gasteiger partial charge in [0.1, 0.15) is 0 Å². The van der Waals surface area contributed by atoms with E-state index in [1.807, 2.05) is 42.5 Å². The second kappa shape index (κ2) is 6.83. The van der Waals surface area contributed by atoms with Crippen molar-refractivity contribution >= 4 is 76.5 Å². The highest BCUT2D eigenvalue weighted by atomic mass is 79.9. The van der Waals surface area contributed by atoms with Gasteiger partial charge < -0.3 is 10.6 Å². The van der Waals surface area contributed by atoms with E-state index in [1.165, 1.54) is 0 Å². The molecule has 0 aliphatic rings. The molecule has 2 N–H and O–H groups in total. The van der Waals surface area contributed by atoms with Crippen LogP contribution in [-0.4, -0.2) is 5.11 Å². The fourth-order valence-corrected chi connectivity index (χ4v) is 4.14. The van der Waals surface area contributed by atoms with E-state index in [-0.39, 0.29) is 0 Å². The maximum absolute atomic E-state index is 5.29. The van der Waals surface area contributed by atoms with E-state index in [0.29, 0.717) is 5.11 Å². The van der Waals surface area contributed by atoms with Crippen molar-refractivity contribution in [2.75, 3.05) is 10.6 Å². The SMILES string of the molecule is S=C(Nc1ccccc1)Nc1c(Br)cc(Br)cc1Br. The molecule has 0 saturated heterocycles. The van der Waals surface area contributed by atoms with E-state index >= 15 is 0 Å². The van der Waals surface area contributed by atoms with Crippen LogP contribution < -0.4 is 10.6 Å². The van der Waals surface area contributed by atoms with E-state index in [1.54, 1.807) is 0 Å². The molecule has 0 amide bonds. The average molecular weight is 465 g/mol. The van der Waals surface area contributed by atoms with Crippen LogP contribution in [0.15, 0.2) is 55.9 Å². The monoisotopic (exact) mass is 462 g/mol. The lowest BCUT2D eigenvalue weighted by Crippen LogP contribution is -2.19.